The summed E-state index contributed by atoms with van der Waals surface area (Å²) in [6.07, 6.45) is 0.0371. The molecule has 1 heterocycles. The summed E-state index contributed by atoms with van der Waals surface area (Å²) in [4.78, 5) is 12.2. The summed E-state index contributed by atoms with van der Waals surface area (Å²) in [7, 11) is -3.64. The number of carbonyl (C=O) groups is 1. The summed E-state index contributed by atoms with van der Waals surface area (Å²) in [5, 5.41) is 7.61. The lowest BCUT2D eigenvalue weighted by Gasteiger charge is -2.19. The highest BCUT2D eigenvalue weighted by Gasteiger charge is 2.16. The van der Waals surface area contributed by atoms with Gasteiger partial charge in [-0.1, -0.05) is 0 Å². The molecule has 0 bridgehead atoms. The second kappa shape index (κ2) is 5.89. The molecular weight excluding hydrogens is 288 g/mol. The van der Waals surface area contributed by atoms with Crippen molar-refractivity contribution in [3.63, 3.8) is 0 Å². The van der Waals surface area contributed by atoms with E-state index in [1.54, 1.807) is 26.8 Å². The van der Waals surface area contributed by atoms with Gasteiger partial charge in [-0.2, -0.15) is 0 Å². The van der Waals surface area contributed by atoms with E-state index in [-0.39, 0.29) is 4.21 Å². The molecule has 0 aliphatic heterocycles. The molecule has 1 rings (SSSR count). The van der Waals surface area contributed by atoms with Gasteiger partial charge in [0, 0.05) is 11.4 Å². The number of alkyl carbamates (subject to hydrolysis) is 1. The molecule has 0 fully saturated rings. The lowest BCUT2D eigenvalue weighted by Crippen LogP contribution is -2.33. The van der Waals surface area contributed by atoms with E-state index in [2.05, 4.69) is 5.32 Å². The van der Waals surface area contributed by atoms with Crippen molar-refractivity contribution < 1.29 is 17.9 Å². The topological polar surface area (TPSA) is 98.5 Å². The van der Waals surface area contributed by atoms with Crippen LogP contribution in [0.5, 0.6) is 0 Å². The van der Waals surface area contributed by atoms with Crippen LogP contribution in [-0.2, 0) is 21.2 Å². The average Bonchev–Trinajstić information content (AvgIpc) is 2.62. The number of hydrogen-bond donors (Lipinski definition) is 2. The van der Waals surface area contributed by atoms with Crippen molar-refractivity contribution in [2.24, 2.45) is 5.14 Å². The van der Waals surface area contributed by atoms with Gasteiger partial charge in [0.1, 0.15) is 9.81 Å². The lowest BCUT2D eigenvalue weighted by molar-refractivity contribution is 0.0528. The highest BCUT2D eigenvalue weighted by atomic mass is 32.2. The number of nitrogens with one attached hydrogen (secondary N) is 1. The minimum absolute atomic E-state index is 0.125. The Morgan fingerprint density at radius 2 is 2.05 bits per heavy atom. The molecule has 0 radical (unpaired) electrons. The Balaban J connectivity index is 2.42. The van der Waals surface area contributed by atoms with Crippen molar-refractivity contribution in [1.29, 1.82) is 0 Å². The van der Waals surface area contributed by atoms with Gasteiger partial charge < -0.3 is 10.1 Å². The van der Waals surface area contributed by atoms with Crippen LogP contribution in [-0.4, -0.2) is 26.7 Å². The number of primary sulfonamides is 1. The molecular formula is C11H18N2O4S2. The van der Waals surface area contributed by atoms with Gasteiger partial charge in [-0.15, -0.1) is 11.3 Å². The zero-order chi connectivity index (χ0) is 14.7. The molecule has 0 unspecified atom stereocenters. The Morgan fingerprint density at radius 1 is 1.42 bits per heavy atom. The van der Waals surface area contributed by atoms with E-state index in [0.717, 1.165) is 16.2 Å². The Labute approximate surface area is 117 Å². The summed E-state index contributed by atoms with van der Waals surface area (Å²) in [6.45, 7) is 5.72. The van der Waals surface area contributed by atoms with Gasteiger partial charge in [0.2, 0.25) is 10.0 Å². The normalized spacial score (nSPS) is 12.2. The monoisotopic (exact) mass is 306 g/mol. The molecule has 8 heteroatoms. The molecule has 0 spiro atoms. The Hall–Kier alpha value is -1.12. The minimum atomic E-state index is -3.64. The summed E-state index contributed by atoms with van der Waals surface area (Å²) >= 11 is 1.10. The minimum Gasteiger partial charge on any atom is -0.444 e. The molecule has 3 N–H and O–H groups in total. The van der Waals surface area contributed by atoms with Crippen molar-refractivity contribution in [3.8, 4) is 0 Å². The molecule has 0 aliphatic carbocycles. The molecule has 1 aromatic heterocycles. The summed E-state index contributed by atoms with van der Waals surface area (Å²) in [5.74, 6) is 0. The molecule has 0 saturated heterocycles. The largest absolute Gasteiger partial charge is 0.444 e. The van der Waals surface area contributed by atoms with Crippen LogP contribution < -0.4 is 10.5 Å². The van der Waals surface area contributed by atoms with Crippen molar-refractivity contribution in [2.45, 2.75) is 37.0 Å². The fourth-order valence-corrected chi connectivity index (χ4v) is 3.03. The maximum absolute atomic E-state index is 11.4. The highest BCUT2D eigenvalue weighted by Crippen LogP contribution is 2.20. The molecule has 0 atom stereocenters. The number of amides is 1. The molecule has 0 saturated carbocycles. The van der Waals surface area contributed by atoms with E-state index < -0.39 is 21.7 Å². The van der Waals surface area contributed by atoms with Crippen LogP contribution in [0.1, 0.15) is 25.6 Å². The zero-order valence-electron chi connectivity index (χ0n) is 11.1. The van der Waals surface area contributed by atoms with Crippen LogP contribution in [0, 0.1) is 0 Å². The first-order chi connectivity index (χ1) is 8.58. The van der Waals surface area contributed by atoms with Crippen LogP contribution in [0.4, 0.5) is 4.79 Å². The fourth-order valence-electron chi connectivity index (χ4n) is 1.25. The van der Waals surface area contributed by atoms with Crippen LogP contribution in [0.25, 0.3) is 0 Å². The zero-order valence-corrected chi connectivity index (χ0v) is 12.7. The third kappa shape index (κ3) is 6.04. The van der Waals surface area contributed by atoms with Crippen LogP contribution in [0.2, 0.25) is 0 Å². The Morgan fingerprint density at radius 3 is 2.53 bits per heavy atom. The molecule has 1 amide bonds. The van der Waals surface area contributed by atoms with Gasteiger partial charge in [-0.25, -0.2) is 18.4 Å². The number of thiophene rings is 1. The molecule has 6 nitrogen and oxygen atoms in total. The number of sulfonamides is 1. The van der Waals surface area contributed by atoms with Gasteiger partial charge >= 0.3 is 6.09 Å². The number of nitrogens with two attached hydrogens (primary N) is 1. The van der Waals surface area contributed by atoms with Gasteiger partial charge in [0.25, 0.3) is 0 Å². The summed E-state index contributed by atoms with van der Waals surface area (Å²) in [6, 6.07) is 3.14. The number of ether oxygens (including phenoxy) is 1. The van der Waals surface area contributed by atoms with Crippen molar-refractivity contribution in [2.75, 3.05) is 6.54 Å². The number of hydrogen-bond acceptors (Lipinski definition) is 5. The number of carbonyl (C=O) groups excluding carboxylic acids is 1. The first kappa shape index (κ1) is 15.9. The molecule has 19 heavy (non-hydrogen) atoms. The molecule has 0 aromatic carbocycles. The van der Waals surface area contributed by atoms with E-state index in [9.17, 15) is 13.2 Å². The van der Waals surface area contributed by atoms with Crippen LogP contribution >= 0.6 is 11.3 Å². The van der Waals surface area contributed by atoms with Crippen molar-refractivity contribution >= 4 is 27.5 Å². The summed E-state index contributed by atoms with van der Waals surface area (Å²) < 4.78 is 27.4. The van der Waals surface area contributed by atoms with E-state index in [1.165, 1.54) is 6.07 Å². The Bertz CT molecular complexity index is 543. The maximum atomic E-state index is 11.4. The van der Waals surface area contributed by atoms with E-state index >= 15 is 0 Å². The second-order valence-corrected chi connectivity index (χ2v) is 7.90. The number of rotatable bonds is 4. The first-order valence-electron chi connectivity index (χ1n) is 5.66. The van der Waals surface area contributed by atoms with Gasteiger partial charge in [0.05, 0.1) is 0 Å². The third-order valence-corrected chi connectivity index (χ3v) is 4.54. The SMILES string of the molecule is CC(C)(C)OC(=O)NCCc1ccc(S(N)(=O)=O)s1. The van der Waals surface area contributed by atoms with E-state index in [1.807, 2.05) is 0 Å². The van der Waals surface area contributed by atoms with Crippen LogP contribution in [0.15, 0.2) is 16.3 Å². The quantitative estimate of drug-likeness (QED) is 0.879. The van der Waals surface area contributed by atoms with Crippen LogP contribution in [0.3, 0.4) is 0 Å². The predicted octanol–water partition coefficient (Wildman–Crippen LogP) is 1.46. The third-order valence-electron chi connectivity index (χ3n) is 1.96. The molecule has 0 aliphatic rings. The van der Waals surface area contributed by atoms with E-state index in [0.29, 0.717) is 13.0 Å². The average molecular weight is 306 g/mol. The smallest absolute Gasteiger partial charge is 0.407 e. The Kier molecular flexibility index (Phi) is 4.94. The van der Waals surface area contributed by atoms with Gasteiger partial charge in [0.15, 0.2) is 0 Å². The highest BCUT2D eigenvalue weighted by molar-refractivity contribution is 7.91. The molecule has 108 valence electrons. The van der Waals surface area contributed by atoms with Gasteiger partial charge in [-0.05, 0) is 39.3 Å². The van der Waals surface area contributed by atoms with Gasteiger partial charge in [-0.3, -0.25) is 0 Å². The fraction of sp³-hybridized carbons (Fsp3) is 0.545. The van der Waals surface area contributed by atoms with Crippen molar-refractivity contribution in [1.82, 2.24) is 5.32 Å². The maximum Gasteiger partial charge on any atom is 0.407 e. The predicted molar refractivity (Wildman–Crippen MR) is 73.6 cm³/mol. The van der Waals surface area contributed by atoms with E-state index in [4.69, 9.17) is 9.88 Å². The standard InChI is InChI=1S/C11H18N2O4S2/c1-11(2,3)17-10(14)13-7-6-8-4-5-9(18-8)19(12,15)16/h4-5H,6-7H2,1-3H3,(H,13,14)(H2,12,15,16). The molecule has 1 aromatic rings. The second-order valence-electron chi connectivity index (χ2n) is 4.94. The summed E-state index contributed by atoms with van der Waals surface area (Å²) in [5.41, 5.74) is -0.534. The lowest BCUT2D eigenvalue weighted by atomic mass is 10.2. The van der Waals surface area contributed by atoms with Crippen molar-refractivity contribution in [3.05, 3.63) is 17.0 Å². The first-order valence-corrected chi connectivity index (χ1v) is 8.02.